The van der Waals surface area contributed by atoms with Gasteiger partial charge in [0.25, 0.3) is 0 Å². The van der Waals surface area contributed by atoms with Gasteiger partial charge in [0, 0.05) is 0 Å². The molecule has 36 heavy (non-hydrogen) atoms. The van der Waals surface area contributed by atoms with Gasteiger partial charge < -0.3 is 0 Å². The molecular formula is C34H27FeP. The van der Waals surface area contributed by atoms with Crippen molar-refractivity contribution in [1.29, 1.82) is 0 Å². The third-order valence-electron chi connectivity index (χ3n) is 5.92. The maximum Gasteiger partial charge on any atom is 2.00 e. The smallest absolute Gasteiger partial charge is 0.152 e. The second-order valence-corrected chi connectivity index (χ2v) is 10.4. The van der Waals surface area contributed by atoms with Crippen molar-refractivity contribution in [1.82, 2.24) is 0 Å². The van der Waals surface area contributed by atoms with Gasteiger partial charge in [0.05, 0.1) is 0 Å². The minimum atomic E-state index is -0.572. The summed E-state index contributed by atoms with van der Waals surface area (Å²) in [6.07, 6.45) is 0. The average Bonchev–Trinajstić information content (AvgIpc) is 3.67. The van der Waals surface area contributed by atoms with E-state index in [-0.39, 0.29) is 17.1 Å². The first-order chi connectivity index (χ1) is 17.4. The molecule has 0 saturated heterocycles. The molecule has 6 aromatic rings. The Hall–Kier alpha value is -3.47. The second-order valence-electron chi connectivity index (χ2n) is 8.24. The van der Waals surface area contributed by atoms with Crippen molar-refractivity contribution in [3.63, 3.8) is 0 Å². The molecule has 0 saturated carbocycles. The summed E-state index contributed by atoms with van der Waals surface area (Å²) < 4.78 is 0. The van der Waals surface area contributed by atoms with Crippen molar-refractivity contribution >= 4 is 23.8 Å². The fourth-order valence-electron chi connectivity index (χ4n) is 4.24. The molecule has 0 atom stereocenters. The first-order valence-electron chi connectivity index (χ1n) is 11.9. The monoisotopic (exact) mass is 522 g/mol. The SMILES string of the molecule is [Fe+2].c1ccc(-[c-]2cccc2)cc1.c1ccc(P(c2ccccc2)c2ccccc2-[c-]2cccc2)cc1. The van der Waals surface area contributed by atoms with Gasteiger partial charge in [-0.1, -0.05) is 113 Å². The Labute approximate surface area is 226 Å². The summed E-state index contributed by atoms with van der Waals surface area (Å²) in [7, 11) is -0.572. The number of hydrogen-bond donors (Lipinski definition) is 0. The molecule has 0 heterocycles. The van der Waals surface area contributed by atoms with Gasteiger partial charge in [0.15, 0.2) is 0 Å². The summed E-state index contributed by atoms with van der Waals surface area (Å²) in [5.41, 5.74) is 5.22. The Kier molecular flexibility index (Phi) is 9.26. The molecule has 0 aliphatic rings. The van der Waals surface area contributed by atoms with E-state index in [9.17, 15) is 0 Å². The van der Waals surface area contributed by atoms with Crippen LogP contribution in [0.1, 0.15) is 0 Å². The van der Waals surface area contributed by atoms with Gasteiger partial charge >= 0.3 is 17.1 Å². The molecule has 0 unspecified atom stereocenters. The fraction of sp³-hybridized carbons (Fsp3) is 0. The number of hydrogen-bond acceptors (Lipinski definition) is 0. The molecule has 0 spiro atoms. The van der Waals surface area contributed by atoms with Crippen LogP contribution in [0.4, 0.5) is 0 Å². The van der Waals surface area contributed by atoms with E-state index >= 15 is 0 Å². The van der Waals surface area contributed by atoms with Crippen LogP contribution < -0.4 is 15.9 Å². The van der Waals surface area contributed by atoms with E-state index in [1.165, 1.54) is 38.2 Å². The predicted molar refractivity (Wildman–Crippen MR) is 154 cm³/mol. The molecular weight excluding hydrogens is 495 g/mol. The van der Waals surface area contributed by atoms with E-state index in [1.807, 2.05) is 6.07 Å². The number of benzene rings is 4. The van der Waals surface area contributed by atoms with E-state index < -0.39 is 7.92 Å². The van der Waals surface area contributed by atoms with E-state index in [2.05, 4.69) is 158 Å². The van der Waals surface area contributed by atoms with Crippen molar-refractivity contribution in [2.24, 2.45) is 0 Å². The van der Waals surface area contributed by atoms with Gasteiger partial charge in [-0.15, -0.1) is 53.6 Å². The maximum absolute atomic E-state index is 2.29. The molecule has 0 aliphatic carbocycles. The van der Waals surface area contributed by atoms with E-state index in [1.54, 1.807) is 0 Å². The summed E-state index contributed by atoms with van der Waals surface area (Å²) in [6, 6.07) is 57.9. The zero-order valence-electron chi connectivity index (χ0n) is 19.9. The van der Waals surface area contributed by atoms with Crippen LogP contribution in [-0.2, 0) is 17.1 Å². The molecule has 0 N–H and O–H groups in total. The average molecular weight is 522 g/mol. The zero-order chi connectivity index (χ0) is 23.7. The van der Waals surface area contributed by atoms with Crippen molar-refractivity contribution in [3.8, 4) is 22.3 Å². The maximum atomic E-state index is 2.29. The Morgan fingerprint density at radius 3 is 1.33 bits per heavy atom. The molecule has 0 fully saturated rings. The third kappa shape index (κ3) is 6.20. The zero-order valence-corrected chi connectivity index (χ0v) is 21.9. The first-order valence-corrected chi connectivity index (χ1v) is 13.2. The molecule has 0 radical (unpaired) electrons. The summed E-state index contributed by atoms with van der Waals surface area (Å²) >= 11 is 0. The second kappa shape index (κ2) is 13.0. The fourth-order valence-corrected chi connectivity index (χ4v) is 6.72. The van der Waals surface area contributed by atoms with Crippen LogP contribution in [0, 0.1) is 0 Å². The molecule has 2 heteroatoms. The first kappa shape index (κ1) is 25.6. The molecule has 0 bridgehead atoms. The van der Waals surface area contributed by atoms with E-state index in [4.69, 9.17) is 0 Å². The largest absolute Gasteiger partial charge is 2.00 e. The molecule has 0 aromatic heterocycles. The van der Waals surface area contributed by atoms with Crippen LogP contribution in [-0.4, -0.2) is 0 Å². The molecule has 0 amide bonds. The van der Waals surface area contributed by atoms with Gasteiger partial charge in [-0.2, -0.15) is 24.3 Å². The summed E-state index contributed by atoms with van der Waals surface area (Å²) in [5, 5.41) is 4.19. The Morgan fingerprint density at radius 1 is 0.389 bits per heavy atom. The molecule has 0 nitrogen and oxygen atoms in total. The Morgan fingerprint density at radius 2 is 0.806 bits per heavy atom. The molecule has 176 valence electrons. The van der Waals surface area contributed by atoms with Crippen LogP contribution in [0.5, 0.6) is 0 Å². The van der Waals surface area contributed by atoms with E-state index in [0.717, 1.165) is 0 Å². The topological polar surface area (TPSA) is 0 Å². The molecule has 0 aliphatic heterocycles. The van der Waals surface area contributed by atoms with Gasteiger partial charge in [0.2, 0.25) is 0 Å². The standard InChI is InChI=1S/C23H18P.C11H9.Fe/c1-3-13-20(14-4-1)24(21-15-5-2-6-16-21)23-18-10-9-17-22(23)19-11-7-8-12-19;1-2-6-10(7-3-1)11-8-4-5-9-11;/h1-18H;1-9H;/q2*-1;+2. The van der Waals surface area contributed by atoms with Crippen molar-refractivity contribution < 1.29 is 17.1 Å². The van der Waals surface area contributed by atoms with Crippen LogP contribution in [0.25, 0.3) is 22.3 Å². The van der Waals surface area contributed by atoms with Crippen LogP contribution in [0.3, 0.4) is 0 Å². The van der Waals surface area contributed by atoms with Crippen molar-refractivity contribution in [3.05, 3.63) is 164 Å². The van der Waals surface area contributed by atoms with Crippen LogP contribution in [0.15, 0.2) is 164 Å². The predicted octanol–water partition coefficient (Wildman–Crippen LogP) is 7.90. The molecule has 6 aromatic carbocycles. The summed E-state index contributed by atoms with van der Waals surface area (Å²) in [6.45, 7) is 0. The Balaban J connectivity index is 0.000000213. The summed E-state index contributed by atoms with van der Waals surface area (Å²) in [5.74, 6) is 0. The van der Waals surface area contributed by atoms with Crippen LogP contribution >= 0.6 is 7.92 Å². The Bertz CT molecular complexity index is 1370. The molecule has 6 rings (SSSR count). The quantitative estimate of drug-likeness (QED) is 0.123. The van der Waals surface area contributed by atoms with E-state index in [0.29, 0.717) is 0 Å². The van der Waals surface area contributed by atoms with Gasteiger partial charge in [-0.3, -0.25) is 0 Å². The van der Waals surface area contributed by atoms with Crippen molar-refractivity contribution in [2.45, 2.75) is 0 Å². The minimum absolute atomic E-state index is 0. The number of rotatable bonds is 5. The minimum Gasteiger partial charge on any atom is -0.152 e. The third-order valence-corrected chi connectivity index (χ3v) is 8.42. The summed E-state index contributed by atoms with van der Waals surface area (Å²) in [4.78, 5) is 0. The van der Waals surface area contributed by atoms with Gasteiger partial charge in [-0.05, 0) is 18.5 Å². The normalized spacial score (nSPS) is 10.2. The van der Waals surface area contributed by atoms with Gasteiger partial charge in [-0.25, -0.2) is 0 Å². The van der Waals surface area contributed by atoms with Crippen LogP contribution in [0.2, 0.25) is 0 Å². The van der Waals surface area contributed by atoms with Crippen molar-refractivity contribution in [2.75, 3.05) is 0 Å². The van der Waals surface area contributed by atoms with Gasteiger partial charge in [0.1, 0.15) is 0 Å².